The average Bonchev–Trinajstić information content (AvgIpc) is 2.40. The molecule has 5 heteroatoms. The van der Waals surface area contributed by atoms with Crippen LogP contribution in [0.1, 0.15) is 22.3 Å². The summed E-state index contributed by atoms with van der Waals surface area (Å²) in [6, 6.07) is 9.47. The van der Waals surface area contributed by atoms with Gasteiger partial charge in [-0.25, -0.2) is 12.8 Å². The van der Waals surface area contributed by atoms with Crippen molar-refractivity contribution >= 4 is 9.84 Å². The maximum atomic E-state index is 13.5. The van der Waals surface area contributed by atoms with E-state index in [4.69, 9.17) is 5.73 Å². The molecule has 2 aromatic rings. The van der Waals surface area contributed by atoms with Crippen molar-refractivity contribution in [1.29, 1.82) is 0 Å². The fourth-order valence-electron chi connectivity index (χ4n) is 2.26. The molecular weight excluding hydrogens is 289 g/mol. The van der Waals surface area contributed by atoms with E-state index in [1.807, 2.05) is 13.0 Å². The van der Waals surface area contributed by atoms with E-state index in [2.05, 4.69) is 0 Å². The highest BCUT2D eigenvalue weighted by molar-refractivity contribution is 7.90. The number of rotatable bonds is 4. The highest BCUT2D eigenvalue weighted by atomic mass is 32.2. The summed E-state index contributed by atoms with van der Waals surface area (Å²) in [7, 11) is -3.52. The molecule has 0 bridgehead atoms. The van der Waals surface area contributed by atoms with E-state index in [1.165, 1.54) is 12.1 Å². The summed E-state index contributed by atoms with van der Waals surface area (Å²) in [5.41, 5.74) is 8.05. The molecule has 0 unspecified atom stereocenters. The molecule has 21 heavy (non-hydrogen) atoms. The first kappa shape index (κ1) is 15.7. The summed E-state index contributed by atoms with van der Waals surface area (Å²) in [5, 5.41) is 0. The van der Waals surface area contributed by atoms with Crippen LogP contribution in [0.3, 0.4) is 0 Å². The lowest BCUT2D eigenvalue weighted by Crippen LogP contribution is -2.08. The van der Waals surface area contributed by atoms with Crippen LogP contribution in [0.25, 0.3) is 0 Å². The SMILES string of the molecule is Cc1ccc(C)c(S(=O)(=O)Cc2cc(F)cc(CN)c2)c1. The monoisotopic (exact) mass is 307 g/mol. The minimum absolute atomic E-state index is 0.175. The van der Waals surface area contributed by atoms with E-state index in [1.54, 1.807) is 25.1 Å². The number of hydrogen-bond acceptors (Lipinski definition) is 3. The first-order valence-corrected chi connectivity index (χ1v) is 8.25. The largest absolute Gasteiger partial charge is 0.326 e. The molecule has 3 nitrogen and oxygen atoms in total. The highest BCUT2D eigenvalue weighted by Crippen LogP contribution is 2.22. The van der Waals surface area contributed by atoms with E-state index in [-0.39, 0.29) is 12.3 Å². The van der Waals surface area contributed by atoms with Gasteiger partial charge in [-0.1, -0.05) is 18.2 Å². The third kappa shape index (κ3) is 3.68. The van der Waals surface area contributed by atoms with E-state index in [0.29, 0.717) is 21.6 Å². The number of aryl methyl sites for hydroxylation is 2. The van der Waals surface area contributed by atoms with Gasteiger partial charge in [-0.15, -0.1) is 0 Å². The maximum Gasteiger partial charge on any atom is 0.182 e. The third-order valence-electron chi connectivity index (χ3n) is 3.29. The minimum atomic E-state index is -3.52. The molecule has 0 aliphatic carbocycles. The van der Waals surface area contributed by atoms with Gasteiger partial charge in [0.25, 0.3) is 0 Å². The van der Waals surface area contributed by atoms with Crippen molar-refractivity contribution in [2.45, 2.75) is 31.0 Å². The van der Waals surface area contributed by atoms with Gasteiger partial charge in [-0.05, 0) is 54.3 Å². The molecule has 0 radical (unpaired) electrons. The first-order chi connectivity index (χ1) is 9.81. The van der Waals surface area contributed by atoms with Gasteiger partial charge in [0.2, 0.25) is 0 Å². The molecule has 0 aliphatic rings. The molecule has 0 fully saturated rings. The molecule has 0 aromatic heterocycles. The first-order valence-electron chi connectivity index (χ1n) is 6.60. The predicted octanol–water partition coefficient (Wildman–Crippen LogP) is 2.88. The molecule has 2 rings (SSSR count). The second kappa shape index (κ2) is 5.95. The Bertz CT molecular complexity index is 770. The van der Waals surface area contributed by atoms with E-state index in [9.17, 15) is 12.8 Å². The van der Waals surface area contributed by atoms with Crippen LogP contribution >= 0.6 is 0 Å². The van der Waals surface area contributed by atoms with Crippen molar-refractivity contribution in [3.05, 3.63) is 64.5 Å². The summed E-state index contributed by atoms with van der Waals surface area (Å²) in [5.74, 6) is -0.702. The summed E-state index contributed by atoms with van der Waals surface area (Å²) in [4.78, 5) is 0.293. The van der Waals surface area contributed by atoms with Gasteiger partial charge in [0.05, 0.1) is 10.6 Å². The average molecular weight is 307 g/mol. The second-order valence-corrected chi connectivity index (χ2v) is 7.16. The summed E-state index contributed by atoms with van der Waals surface area (Å²) < 4.78 is 38.5. The van der Waals surface area contributed by atoms with Crippen LogP contribution in [-0.4, -0.2) is 8.42 Å². The molecular formula is C16H18FNO2S. The summed E-state index contributed by atoms with van der Waals surface area (Å²) >= 11 is 0. The Morgan fingerprint density at radius 3 is 2.38 bits per heavy atom. The smallest absolute Gasteiger partial charge is 0.182 e. The molecule has 0 spiro atoms. The number of nitrogens with two attached hydrogens (primary N) is 1. The lowest BCUT2D eigenvalue weighted by atomic mass is 10.1. The Morgan fingerprint density at radius 1 is 1.05 bits per heavy atom. The Balaban J connectivity index is 2.42. The fourth-order valence-corrected chi connectivity index (χ4v) is 3.94. The third-order valence-corrected chi connectivity index (χ3v) is 5.11. The van der Waals surface area contributed by atoms with Crippen LogP contribution in [0, 0.1) is 19.7 Å². The van der Waals surface area contributed by atoms with E-state index >= 15 is 0 Å². The molecule has 0 heterocycles. The van der Waals surface area contributed by atoms with Crippen molar-refractivity contribution in [3.8, 4) is 0 Å². The zero-order valence-corrected chi connectivity index (χ0v) is 12.9. The van der Waals surface area contributed by atoms with Gasteiger partial charge >= 0.3 is 0 Å². The Labute approximate surface area is 124 Å². The Kier molecular flexibility index (Phi) is 4.44. The van der Waals surface area contributed by atoms with Crippen LogP contribution in [0.2, 0.25) is 0 Å². The second-order valence-electron chi connectivity index (χ2n) is 5.20. The molecule has 0 atom stereocenters. The minimum Gasteiger partial charge on any atom is -0.326 e. The van der Waals surface area contributed by atoms with Gasteiger partial charge in [0, 0.05) is 6.54 Å². The van der Waals surface area contributed by atoms with Gasteiger partial charge < -0.3 is 5.73 Å². The van der Waals surface area contributed by atoms with Gasteiger partial charge in [-0.3, -0.25) is 0 Å². The molecule has 0 amide bonds. The Hall–Kier alpha value is -1.72. The number of hydrogen-bond donors (Lipinski definition) is 1. The summed E-state index contributed by atoms with van der Waals surface area (Å²) in [6.07, 6.45) is 0. The van der Waals surface area contributed by atoms with Crippen LogP contribution in [0.15, 0.2) is 41.3 Å². The zero-order chi connectivity index (χ0) is 15.6. The normalized spacial score (nSPS) is 11.6. The molecule has 2 aromatic carbocycles. The van der Waals surface area contributed by atoms with Crippen LogP contribution in [-0.2, 0) is 22.1 Å². The van der Waals surface area contributed by atoms with Crippen LogP contribution in [0.5, 0.6) is 0 Å². The predicted molar refractivity (Wildman–Crippen MR) is 81.1 cm³/mol. The summed E-state index contributed by atoms with van der Waals surface area (Å²) in [6.45, 7) is 3.77. The molecule has 0 saturated carbocycles. The fraction of sp³-hybridized carbons (Fsp3) is 0.250. The zero-order valence-electron chi connectivity index (χ0n) is 12.1. The van der Waals surface area contributed by atoms with E-state index < -0.39 is 15.7 Å². The van der Waals surface area contributed by atoms with Crippen molar-refractivity contribution < 1.29 is 12.8 Å². The van der Waals surface area contributed by atoms with Crippen molar-refractivity contribution in [3.63, 3.8) is 0 Å². The standard InChI is InChI=1S/C16H18FNO2S/c1-11-3-4-12(2)16(5-11)21(19,20)10-14-6-13(9-18)7-15(17)8-14/h3-8H,9-10,18H2,1-2H3. The van der Waals surface area contributed by atoms with Gasteiger partial charge in [0.1, 0.15) is 5.82 Å². The lowest BCUT2D eigenvalue weighted by molar-refractivity contribution is 0.594. The molecule has 112 valence electrons. The van der Waals surface area contributed by atoms with Crippen molar-refractivity contribution in [2.24, 2.45) is 5.73 Å². The molecule has 2 N–H and O–H groups in total. The number of benzene rings is 2. The molecule has 0 aliphatic heterocycles. The van der Waals surface area contributed by atoms with Crippen molar-refractivity contribution in [1.82, 2.24) is 0 Å². The van der Waals surface area contributed by atoms with Crippen LogP contribution < -0.4 is 5.73 Å². The topological polar surface area (TPSA) is 60.2 Å². The van der Waals surface area contributed by atoms with Crippen LogP contribution in [0.4, 0.5) is 4.39 Å². The maximum absolute atomic E-state index is 13.5. The number of halogens is 1. The Morgan fingerprint density at radius 2 is 1.71 bits per heavy atom. The molecule has 0 saturated heterocycles. The van der Waals surface area contributed by atoms with E-state index in [0.717, 1.165) is 5.56 Å². The lowest BCUT2D eigenvalue weighted by Gasteiger charge is -2.10. The van der Waals surface area contributed by atoms with Gasteiger partial charge in [-0.2, -0.15) is 0 Å². The quantitative estimate of drug-likeness (QED) is 0.945. The van der Waals surface area contributed by atoms with Gasteiger partial charge in [0.15, 0.2) is 9.84 Å². The highest BCUT2D eigenvalue weighted by Gasteiger charge is 2.18. The number of sulfone groups is 1. The van der Waals surface area contributed by atoms with Crippen molar-refractivity contribution in [2.75, 3.05) is 0 Å².